The van der Waals surface area contributed by atoms with Crippen molar-refractivity contribution in [2.45, 2.75) is 10.9 Å². The number of piperazine rings is 1. The summed E-state index contributed by atoms with van der Waals surface area (Å²) in [6.07, 6.45) is 0. The van der Waals surface area contributed by atoms with Crippen molar-refractivity contribution in [3.8, 4) is 0 Å². The van der Waals surface area contributed by atoms with Gasteiger partial charge in [-0.2, -0.15) is 4.31 Å². The van der Waals surface area contributed by atoms with Gasteiger partial charge in [-0.25, -0.2) is 8.42 Å². The highest BCUT2D eigenvalue weighted by Gasteiger charge is 2.32. The Kier molecular flexibility index (Phi) is 6.60. The molecule has 1 heterocycles. The second-order valence-electron chi connectivity index (χ2n) is 7.26. The zero-order chi connectivity index (χ0) is 21.1. The molecule has 0 spiro atoms. The van der Waals surface area contributed by atoms with Gasteiger partial charge in [0.1, 0.15) is 0 Å². The third kappa shape index (κ3) is 4.63. The van der Waals surface area contributed by atoms with Crippen LogP contribution in [0, 0.1) is 0 Å². The van der Waals surface area contributed by atoms with Crippen molar-refractivity contribution in [2.24, 2.45) is 0 Å². The third-order valence-electron chi connectivity index (χ3n) is 5.37. The number of halogens is 2. The molecule has 0 aliphatic carbocycles. The maximum Gasteiger partial charge on any atom is 0.243 e. The number of benzene rings is 3. The van der Waals surface area contributed by atoms with E-state index in [1.54, 1.807) is 22.5 Å². The van der Waals surface area contributed by atoms with E-state index in [0.717, 1.165) is 4.47 Å². The van der Waals surface area contributed by atoms with Gasteiger partial charge in [0.25, 0.3) is 0 Å². The highest BCUT2D eigenvalue weighted by Crippen LogP contribution is 2.31. The topological polar surface area (TPSA) is 40.6 Å². The Morgan fingerprint density at radius 1 is 0.800 bits per heavy atom. The second-order valence-corrected chi connectivity index (χ2v) is 10.6. The van der Waals surface area contributed by atoms with Crippen molar-refractivity contribution >= 4 is 37.6 Å². The first-order valence-corrected chi connectivity index (χ1v) is 12.4. The normalized spacial score (nSPS) is 17.0. The number of hydrogen-bond donors (Lipinski definition) is 0. The smallest absolute Gasteiger partial charge is 0.243 e. The molecule has 30 heavy (non-hydrogen) atoms. The van der Waals surface area contributed by atoms with Crippen LogP contribution < -0.4 is 0 Å². The second kappa shape index (κ2) is 9.20. The molecule has 0 bridgehead atoms. The first-order valence-electron chi connectivity index (χ1n) is 9.75. The molecule has 156 valence electrons. The number of nitrogens with zero attached hydrogens (tertiary/aromatic N) is 2. The first-order chi connectivity index (χ1) is 14.4. The molecule has 0 N–H and O–H groups in total. The molecule has 3 aromatic carbocycles. The Morgan fingerprint density at radius 2 is 1.43 bits per heavy atom. The van der Waals surface area contributed by atoms with Crippen molar-refractivity contribution in [3.63, 3.8) is 0 Å². The van der Waals surface area contributed by atoms with E-state index in [0.29, 0.717) is 31.2 Å². The summed E-state index contributed by atoms with van der Waals surface area (Å²) in [5, 5.41) is 0.425. The van der Waals surface area contributed by atoms with E-state index >= 15 is 0 Å². The van der Waals surface area contributed by atoms with Crippen LogP contribution >= 0.6 is 27.5 Å². The Bertz CT molecular complexity index is 1100. The summed E-state index contributed by atoms with van der Waals surface area (Å²) in [4.78, 5) is 2.60. The molecule has 1 fully saturated rings. The van der Waals surface area contributed by atoms with Gasteiger partial charge in [-0.15, -0.1) is 0 Å². The summed E-state index contributed by atoms with van der Waals surface area (Å²) < 4.78 is 28.7. The SMILES string of the molecule is O=S(=O)(c1cccc(Cl)c1)N1CCN([C@@H](c2ccccc2)c2ccc(Br)cc2)CC1. The van der Waals surface area contributed by atoms with Crippen LogP contribution in [-0.4, -0.2) is 43.8 Å². The number of rotatable bonds is 5. The molecule has 0 amide bonds. The lowest BCUT2D eigenvalue weighted by Crippen LogP contribution is -2.49. The molecular formula is C23H22BrClN2O2S. The fourth-order valence-electron chi connectivity index (χ4n) is 3.87. The van der Waals surface area contributed by atoms with Gasteiger partial charge < -0.3 is 0 Å². The van der Waals surface area contributed by atoms with Crippen LogP contribution in [0.25, 0.3) is 0 Å². The zero-order valence-corrected chi connectivity index (χ0v) is 19.4. The van der Waals surface area contributed by atoms with Crippen LogP contribution in [0.2, 0.25) is 5.02 Å². The van der Waals surface area contributed by atoms with Crippen LogP contribution in [0.1, 0.15) is 17.2 Å². The molecular weight excluding hydrogens is 484 g/mol. The van der Waals surface area contributed by atoms with E-state index in [-0.39, 0.29) is 10.9 Å². The minimum absolute atomic E-state index is 0.0790. The van der Waals surface area contributed by atoms with Crippen molar-refractivity contribution < 1.29 is 8.42 Å². The van der Waals surface area contributed by atoms with E-state index in [1.165, 1.54) is 17.2 Å². The molecule has 4 rings (SSSR count). The van der Waals surface area contributed by atoms with Crippen molar-refractivity contribution in [1.82, 2.24) is 9.21 Å². The Balaban J connectivity index is 1.56. The molecule has 1 aliphatic rings. The molecule has 3 aromatic rings. The van der Waals surface area contributed by atoms with Gasteiger partial charge in [0.05, 0.1) is 10.9 Å². The third-order valence-corrected chi connectivity index (χ3v) is 8.03. The van der Waals surface area contributed by atoms with E-state index < -0.39 is 10.0 Å². The average Bonchev–Trinajstić information content (AvgIpc) is 2.76. The van der Waals surface area contributed by atoms with Crippen LogP contribution in [0.5, 0.6) is 0 Å². The molecule has 0 aromatic heterocycles. The Hall–Kier alpha value is -1.70. The number of hydrogen-bond acceptors (Lipinski definition) is 3. The van der Waals surface area contributed by atoms with E-state index in [1.807, 2.05) is 30.3 Å². The van der Waals surface area contributed by atoms with Gasteiger partial charge in [0.15, 0.2) is 0 Å². The van der Waals surface area contributed by atoms with E-state index in [4.69, 9.17) is 11.6 Å². The maximum absolute atomic E-state index is 13.0. The highest BCUT2D eigenvalue weighted by molar-refractivity contribution is 9.10. The lowest BCUT2D eigenvalue weighted by molar-refractivity contribution is 0.156. The molecule has 1 saturated heterocycles. The van der Waals surface area contributed by atoms with E-state index in [2.05, 4.69) is 45.1 Å². The van der Waals surface area contributed by atoms with Gasteiger partial charge in [-0.3, -0.25) is 4.90 Å². The molecule has 1 atom stereocenters. The summed E-state index contributed by atoms with van der Waals surface area (Å²) in [5.74, 6) is 0. The Labute approximate surface area is 191 Å². The predicted molar refractivity (Wildman–Crippen MR) is 124 cm³/mol. The number of sulfonamides is 1. The summed E-state index contributed by atoms with van der Waals surface area (Å²) >= 11 is 9.51. The lowest BCUT2D eigenvalue weighted by atomic mass is 9.96. The summed E-state index contributed by atoms with van der Waals surface area (Å²) in [5.41, 5.74) is 2.39. The standard InChI is InChI=1S/C23H22BrClN2O2S/c24-20-11-9-19(10-12-20)23(18-5-2-1-3-6-18)26-13-15-27(16-14-26)30(28,29)22-8-4-7-21(25)17-22/h1-12,17,23H,13-16H2/t23-/m0/s1. The highest BCUT2D eigenvalue weighted by atomic mass is 79.9. The Morgan fingerprint density at radius 3 is 2.07 bits per heavy atom. The summed E-state index contributed by atoms with van der Waals surface area (Å²) in [6, 6.07) is 25.2. The molecule has 7 heteroatoms. The predicted octanol–water partition coefficient (Wildman–Crippen LogP) is 5.20. The van der Waals surface area contributed by atoms with Crippen LogP contribution in [-0.2, 0) is 10.0 Å². The van der Waals surface area contributed by atoms with Gasteiger partial charge in [-0.05, 0) is 41.5 Å². The fourth-order valence-corrected chi connectivity index (χ4v) is 5.86. The van der Waals surface area contributed by atoms with Gasteiger partial charge in [0.2, 0.25) is 10.0 Å². The summed E-state index contributed by atoms with van der Waals surface area (Å²) in [6.45, 7) is 2.17. The van der Waals surface area contributed by atoms with Gasteiger partial charge >= 0.3 is 0 Å². The van der Waals surface area contributed by atoms with Crippen molar-refractivity contribution in [1.29, 1.82) is 0 Å². The van der Waals surface area contributed by atoms with Crippen molar-refractivity contribution in [2.75, 3.05) is 26.2 Å². The van der Waals surface area contributed by atoms with Gasteiger partial charge in [-0.1, -0.05) is 76.1 Å². The quantitative estimate of drug-likeness (QED) is 0.479. The largest absolute Gasteiger partial charge is 0.290 e. The van der Waals surface area contributed by atoms with Crippen molar-refractivity contribution in [3.05, 3.63) is 99.5 Å². The minimum atomic E-state index is -3.55. The van der Waals surface area contributed by atoms with Crippen LogP contribution in [0.3, 0.4) is 0 Å². The lowest BCUT2D eigenvalue weighted by Gasteiger charge is -2.39. The van der Waals surface area contributed by atoms with Gasteiger partial charge in [0, 0.05) is 35.7 Å². The molecule has 0 unspecified atom stereocenters. The molecule has 0 saturated carbocycles. The fraction of sp³-hybridized carbons (Fsp3) is 0.217. The average molecular weight is 506 g/mol. The molecule has 0 radical (unpaired) electrons. The monoisotopic (exact) mass is 504 g/mol. The summed E-state index contributed by atoms with van der Waals surface area (Å²) in [7, 11) is -3.55. The van der Waals surface area contributed by atoms with Crippen LogP contribution in [0.15, 0.2) is 88.2 Å². The maximum atomic E-state index is 13.0. The molecule has 1 aliphatic heterocycles. The van der Waals surface area contributed by atoms with E-state index in [9.17, 15) is 8.42 Å². The molecule has 4 nitrogen and oxygen atoms in total. The minimum Gasteiger partial charge on any atom is -0.290 e. The first kappa shape index (κ1) is 21.5. The zero-order valence-electron chi connectivity index (χ0n) is 16.3. The van der Waals surface area contributed by atoms with Crippen LogP contribution in [0.4, 0.5) is 0 Å².